The molecular weight excluding hydrogens is 312 g/mol. The molecule has 1 aliphatic carbocycles. The summed E-state index contributed by atoms with van der Waals surface area (Å²) in [6.45, 7) is 7.15. The summed E-state index contributed by atoms with van der Waals surface area (Å²) in [5.74, 6) is -0.0827. The number of carbonyl (C=O) groups is 1. The summed E-state index contributed by atoms with van der Waals surface area (Å²) >= 11 is 1.42. The van der Waals surface area contributed by atoms with Crippen LogP contribution in [0.1, 0.15) is 57.9 Å². The fraction of sp³-hybridized carbons (Fsp3) is 0.812. The number of nitrogens with one attached hydrogen (secondary N) is 1. The first-order chi connectivity index (χ1) is 10.9. The van der Waals surface area contributed by atoms with E-state index in [2.05, 4.69) is 41.2 Å². The molecule has 2 N–H and O–H groups in total. The normalized spacial score (nSPS) is 16.7. The highest BCUT2D eigenvalue weighted by Gasteiger charge is 2.24. The Morgan fingerprint density at radius 1 is 1.30 bits per heavy atom. The first-order valence-electron chi connectivity index (χ1n) is 8.39. The number of amides is 1. The number of anilines is 1. The Hall–Kier alpha value is -1.05. The molecule has 1 saturated carbocycles. The number of aliphatic hydroxyl groups is 1. The number of hydrogen-bond acceptors (Lipinski definition) is 6. The Bertz CT molecular complexity index is 506. The Morgan fingerprint density at radius 3 is 2.57 bits per heavy atom. The van der Waals surface area contributed by atoms with E-state index in [4.69, 9.17) is 0 Å². The lowest BCUT2D eigenvalue weighted by Crippen LogP contribution is -2.43. The summed E-state index contributed by atoms with van der Waals surface area (Å²) in [6.07, 6.45) is 5.91. The molecule has 130 valence electrons. The Kier molecular flexibility index (Phi) is 6.50. The van der Waals surface area contributed by atoms with E-state index in [1.807, 2.05) is 0 Å². The van der Waals surface area contributed by atoms with Crippen molar-refractivity contribution < 1.29 is 9.90 Å². The van der Waals surface area contributed by atoms with Gasteiger partial charge in [-0.1, -0.05) is 51.4 Å². The predicted octanol–water partition coefficient (Wildman–Crippen LogP) is 2.40. The number of aromatic nitrogens is 2. The van der Waals surface area contributed by atoms with E-state index in [0.29, 0.717) is 24.3 Å². The lowest BCUT2D eigenvalue weighted by molar-refractivity contribution is -0.118. The molecule has 1 aromatic heterocycles. The monoisotopic (exact) mass is 340 g/mol. The molecule has 0 bridgehead atoms. The van der Waals surface area contributed by atoms with Crippen LogP contribution in [0.5, 0.6) is 0 Å². The minimum Gasteiger partial charge on any atom is -0.395 e. The van der Waals surface area contributed by atoms with Crippen molar-refractivity contribution in [1.82, 2.24) is 15.1 Å². The van der Waals surface area contributed by atoms with Gasteiger partial charge in [0.2, 0.25) is 11.0 Å². The molecule has 0 spiro atoms. The van der Waals surface area contributed by atoms with Crippen molar-refractivity contribution in [1.29, 1.82) is 0 Å². The van der Waals surface area contributed by atoms with Crippen molar-refractivity contribution in [3.05, 3.63) is 5.01 Å². The maximum atomic E-state index is 12.3. The van der Waals surface area contributed by atoms with Crippen LogP contribution in [0.2, 0.25) is 0 Å². The Labute approximate surface area is 142 Å². The maximum Gasteiger partial charge on any atom is 0.240 e. The van der Waals surface area contributed by atoms with Gasteiger partial charge in [-0.15, -0.1) is 10.2 Å². The zero-order valence-corrected chi connectivity index (χ0v) is 15.2. The fourth-order valence-corrected chi connectivity index (χ4v) is 3.70. The highest BCUT2D eigenvalue weighted by atomic mass is 32.1. The van der Waals surface area contributed by atoms with Gasteiger partial charge in [0.25, 0.3) is 0 Å². The van der Waals surface area contributed by atoms with Gasteiger partial charge in [-0.05, 0) is 12.8 Å². The summed E-state index contributed by atoms with van der Waals surface area (Å²) in [7, 11) is 0. The molecule has 1 heterocycles. The van der Waals surface area contributed by atoms with Gasteiger partial charge in [0.05, 0.1) is 13.2 Å². The van der Waals surface area contributed by atoms with Crippen molar-refractivity contribution >= 4 is 22.4 Å². The van der Waals surface area contributed by atoms with E-state index >= 15 is 0 Å². The summed E-state index contributed by atoms with van der Waals surface area (Å²) in [6, 6.07) is 0.404. The van der Waals surface area contributed by atoms with Crippen molar-refractivity contribution in [3.63, 3.8) is 0 Å². The first-order valence-corrected chi connectivity index (χ1v) is 9.20. The molecule has 0 unspecified atom stereocenters. The Balaban J connectivity index is 1.92. The van der Waals surface area contributed by atoms with Crippen LogP contribution in [-0.2, 0) is 10.2 Å². The fourth-order valence-electron chi connectivity index (χ4n) is 2.89. The van der Waals surface area contributed by atoms with Gasteiger partial charge in [0, 0.05) is 18.0 Å². The van der Waals surface area contributed by atoms with E-state index in [9.17, 15) is 9.90 Å². The van der Waals surface area contributed by atoms with Gasteiger partial charge >= 0.3 is 0 Å². The second kappa shape index (κ2) is 8.17. The van der Waals surface area contributed by atoms with Crippen molar-refractivity contribution in [2.45, 2.75) is 64.3 Å². The van der Waals surface area contributed by atoms with Gasteiger partial charge in [0.1, 0.15) is 5.01 Å². The number of rotatable bonds is 6. The molecule has 1 fully saturated rings. The summed E-state index contributed by atoms with van der Waals surface area (Å²) < 4.78 is 0. The maximum absolute atomic E-state index is 12.3. The lowest BCUT2D eigenvalue weighted by atomic mass is 9.94. The van der Waals surface area contributed by atoms with Crippen LogP contribution in [0.15, 0.2) is 0 Å². The van der Waals surface area contributed by atoms with Gasteiger partial charge in [-0.3, -0.25) is 15.0 Å². The zero-order chi connectivity index (χ0) is 16.9. The van der Waals surface area contributed by atoms with Crippen LogP contribution < -0.4 is 5.32 Å². The Morgan fingerprint density at radius 2 is 2.00 bits per heavy atom. The van der Waals surface area contributed by atoms with Gasteiger partial charge in [0.15, 0.2) is 0 Å². The minimum atomic E-state index is -0.0827. The molecule has 0 radical (unpaired) electrons. The van der Waals surface area contributed by atoms with Crippen molar-refractivity contribution in [2.24, 2.45) is 0 Å². The van der Waals surface area contributed by atoms with Gasteiger partial charge in [-0.25, -0.2) is 0 Å². The minimum absolute atomic E-state index is 0.0638. The standard InChI is InChI=1S/C16H28N4O2S/c1-16(2,3)14-18-19-15(23-14)17-13(22)11-20(9-10-21)12-7-5-4-6-8-12/h12,21H,4-11H2,1-3H3,(H,17,19,22). The number of hydrogen-bond donors (Lipinski definition) is 2. The van der Waals surface area contributed by atoms with Crippen LogP contribution >= 0.6 is 11.3 Å². The second-order valence-corrected chi connectivity index (χ2v) is 8.17. The molecule has 0 aromatic carbocycles. The molecule has 2 rings (SSSR count). The number of aliphatic hydroxyl groups excluding tert-OH is 1. The SMILES string of the molecule is CC(C)(C)c1nnc(NC(=O)CN(CCO)C2CCCCC2)s1. The van der Waals surface area contributed by atoms with Crippen LogP contribution in [-0.4, -0.2) is 51.8 Å². The van der Waals surface area contributed by atoms with Gasteiger partial charge in [-0.2, -0.15) is 0 Å². The molecule has 6 nitrogen and oxygen atoms in total. The quantitative estimate of drug-likeness (QED) is 0.831. The highest BCUT2D eigenvalue weighted by Crippen LogP contribution is 2.28. The average molecular weight is 340 g/mol. The van der Waals surface area contributed by atoms with Crippen molar-refractivity contribution in [3.8, 4) is 0 Å². The third-order valence-electron chi connectivity index (χ3n) is 4.14. The van der Waals surface area contributed by atoms with E-state index < -0.39 is 0 Å². The molecule has 1 aromatic rings. The summed E-state index contributed by atoms with van der Waals surface area (Å²) in [5.41, 5.74) is -0.0638. The molecule has 0 atom stereocenters. The zero-order valence-electron chi connectivity index (χ0n) is 14.3. The molecular formula is C16H28N4O2S. The first kappa shape index (κ1) is 18.3. The smallest absolute Gasteiger partial charge is 0.240 e. The van der Waals surface area contributed by atoms with E-state index in [0.717, 1.165) is 17.8 Å². The molecule has 0 aliphatic heterocycles. The summed E-state index contributed by atoms with van der Waals surface area (Å²) in [5, 5.41) is 21.8. The third-order valence-corrected chi connectivity index (χ3v) is 5.40. The van der Waals surface area contributed by atoms with Crippen LogP contribution in [0.4, 0.5) is 5.13 Å². The van der Waals surface area contributed by atoms with E-state index in [-0.39, 0.29) is 17.9 Å². The van der Waals surface area contributed by atoms with E-state index in [1.54, 1.807) is 0 Å². The van der Waals surface area contributed by atoms with Crippen molar-refractivity contribution in [2.75, 3.05) is 25.0 Å². The summed E-state index contributed by atoms with van der Waals surface area (Å²) in [4.78, 5) is 14.4. The average Bonchev–Trinajstić information content (AvgIpc) is 2.96. The molecule has 0 saturated heterocycles. The van der Waals surface area contributed by atoms with Crippen LogP contribution in [0.25, 0.3) is 0 Å². The molecule has 7 heteroatoms. The highest BCUT2D eigenvalue weighted by molar-refractivity contribution is 7.15. The largest absolute Gasteiger partial charge is 0.395 e. The topological polar surface area (TPSA) is 78.4 Å². The molecule has 1 aliphatic rings. The van der Waals surface area contributed by atoms with Gasteiger partial charge < -0.3 is 5.11 Å². The second-order valence-electron chi connectivity index (χ2n) is 7.20. The predicted molar refractivity (Wildman–Crippen MR) is 92.8 cm³/mol. The van der Waals surface area contributed by atoms with Crippen LogP contribution in [0, 0.1) is 0 Å². The molecule has 1 amide bonds. The number of nitrogens with zero attached hydrogens (tertiary/aromatic N) is 3. The third kappa shape index (κ3) is 5.51. The lowest BCUT2D eigenvalue weighted by Gasteiger charge is -2.33. The molecule has 23 heavy (non-hydrogen) atoms. The van der Waals surface area contributed by atoms with E-state index in [1.165, 1.54) is 30.6 Å². The number of carbonyl (C=O) groups excluding carboxylic acids is 1. The van der Waals surface area contributed by atoms with Crippen LogP contribution in [0.3, 0.4) is 0 Å².